The number of carbonyl (C=O) groups excluding carboxylic acids is 2. The minimum atomic E-state index is -3.54. The lowest BCUT2D eigenvalue weighted by Crippen LogP contribution is -2.37. The lowest BCUT2D eigenvalue weighted by Gasteiger charge is -2.33. The summed E-state index contributed by atoms with van der Waals surface area (Å²) in [5.74, 6) is 0.0925. The van der Waals surface area contributed by atoms with Crippen LogP contribution < -0.4 is 10.0 Å². The van der Waals surface area contributed by atoms with Gasteiger partial charge in [0, 0.05) is 17.1 Å². The molecule has 1 aliphatic rings. The quantitative estimate of drug-likeness (QED) is 0.492. The van der Waals surface area contributed by atoms with Crippen molar-refractivity contribution in [1.82, 2.24) is 9.71 Å². The third kappa shape index (κ3) is 5.29. The number of aromatic nitrogens is 1. The number of rotatable bonds is 7. The molecule has 35 heavy (non-hydrogen) atoms. The van der Waals surface area contributed by atoms with Crippen LogP contribution in [0.15, 0.2) is 65.6 Å². The van der Waals surface area contributed by atoms with Gasteiger partial charge in [0.2, 0.25) is 15.9 Å². The largest absolute Gasteiger partial charge is 0.310 e. The normalized spacial score (nSPS) is 17.6. The van der Waals surface area contributed by atoms with Gasteiger partial charge in [0.05, 0.1) is 22.4 Å². The second-order valence-corrected chi connectivity index (χ2v) is 10.9. The zero-order chi connectivity index (χ0) is 25.2. The summed E-state index contributed by atoms with van der Waals surface area (Å²) >= 11 is 6.00. The minimum absolute atomic E-state index is 0.000876. The van der Waals surface area contributed by atoms with Gasteiger partial charge < -0.3 is 5.32 Å². The zero-order valence-electron chi connectivity index (χ0n) is 19.5. The van der Waals surface area contributed by atoms with Crippen molar-refractivity contribution in [3.63, 3.8) is 0 Å². The Morgan fingerprint density at radius 2 is 1.74 bits per heavy atom. The number of halogens is 1. The molecule has 1 aromatic heterocycles. The van der Waals surface area contributed by atoms with Gasteiger partial charge in [-0.25, -0.2) is 18.1 Å². The number of benzene rings is 2. The Labute approximate surface area is 210 Å². The summed E-state index contributed by atoms with van der Waals surface area (Å²) in [5, 5.41) is 3.40. The number of hydrogen-bond acceptors (Lipinski definition) is 5. The fourth-order valence-electron chi connectivity index (χ4n) is 4.27. The van der Waals surface area contributed by atoms with E-state index in [0.29, 0.717) is 47.0 Å². The van der Waals surface area contributed by atoms with Crippen molar-refractivity contribution in [3.8, 4) is 0 Å². The molecule has 0 spiro atoms. The number of nitrogens with one attached hydrogen (secondary N) is 2. The Hall–Kier alpha value is -3.07. The van der Waals surface area contributed by atoms with Crippen LogP contribution >= 0.6 is 11.6 Å². The van der Waals surface area contributed by atoms with Gasteiger partial charge in [-0.3, -0.25) is 9.59 Å². The van der Waals surface area contributed by atoms with Gasteiger partial charge >= 0.3 is 0 Å². The first-order valence-corrected chi connectivity index (χ1v) is 13.2. The Kier molecular flexibility index (Phi) is 7.07. The fraction of sp³-hybridized carbons (Fsp3) is 0.269. The van der Waals surface area contributed by atoms with Crippen molar-refractivity contribution in [2.45, 2.75) is 43.4 Å². The average Bonchev–Trinajstić information content (AvgIpc) is 2.82. The maximum Gasteiger partial charge on any atom is 0.240 e. The van der Waals surface area contributed by atoms with Gasteiger partial charge in [-0.15, -0.1) is 0 Å². The maximum atomic E-state index is 13.3. The number of ketones is 1. The highest BCUT2D eigenvalue weighted by molar-refractivity contribution is 7.89. The predicted molar refractivity (Wildman–Crippen MR) is 135 cm³/mol. The summed E-state index contributed by atoms with van der Waals surface area (Å²) < 4.78 is 26.5. The van der Waals surface area contributed by atoms with E-state index in [2.05, 4.69) is 15.0 Å². The molecular formula is C26H26ClN3O4S. The first-order valence-electron chi connectivity index (χ1n) is 11.3. The number of pyridine rings is 1. The van der Waals surface area contributed by atoms with Crippen molar-refractivity contribution in [2.75, 3.05) is 11.9 Å². The monoisotopic (exact) mass is 511 g/mol. The molecule has 3 aromatic rings. The predicted octanol–water partition coefficient (Wildman–Crippen LogP) is 4.30. The van der Waals surface area contributed by atoms with Crippen molar-refractivity contribution < 1.29 is 18.0 Å². The number of nitrogens with zero attached hydrogens (tertiary/aromatic N) is 1. The van der Waals surface area contributed by atoms with Crippen LogP contribution in [-0.4, -0.2) is 31.6 Å². The number of fused-ring (bicyclic) bond motifs is 1. The Balaban J connectivity index is 1.44. The highest BCUT2D eigenvalue weighted by Gasteiger charge is 2.40. The second-order valence-electron chi connectivity index (χ2n) is 8.73. The van der Waals surface area contributed by atoms with E-state index in [9.17, 15) is 18.0 Å². The average molecular weight is 512 g/mol. The fourth-order valence-corrected chi connectivity index (χ4v) is 5.44. The molecule has 0 saturated carbocycles. The van der Waals surface area contributed by atoms with Gasteiger partial charge in [-0.05, 0) is 67.3 Å². The zero-order valence-corrected chi connectivity index (χ0v) is 21.0. The highest BCUT2D eigenvalue weighted by atomic mass is 35.5. The molecule has 7 nitrogen and oxygen atoms in total. The standard InChI is InChI=1S/C26H26ClN3O4S/c1-3-28-35(33,34)20-10-4-17(5-11-20)16-24(31)30-23-13-12-21-22(29-23)14-15-26(2,25(21)32)18-6-8-19(27)9-7-18/h4-13,28H,3,14-16H2,1-2H3,(H,29,30,31). The van der Waals surface area contributed by atoms with Crippen LogP contribution in [0.5, 0.6) is 0 Å². The van der Waals surface area contributed by atoms with Crippen LogP contribution in [0, 0.1) is 0 Å². The molecule has 0 aliphatic heterocycles. The number of carbonyl (C=O) groups is 2. The first-order chi connectivity index (χ1) is 16.6. The molecule has 1 aliphatic carbocycles. The molecule has 0 fully saturated rings. The lowest BCUT2D eigenvalue weighted by molar-refractivity contribution is -0.115. The van der Waals surface area contributed by atoms with Gasteiger partial charge in [-0.1, -0.05) is 42.8 Å². The van der Waals surface area contributed by atoms with E-state index in [1.165, 1.54) is 12.1 Å². The maximum absolute atomic E-state index is 13.3. The van der Waals surface area contributed by atoms with Crippen LogP contribution in [0.4, 0.5) is 5.82 Å². The topological polar surface area (TPSA) is 105 Å². The van der Waals surface area contributed by atoms with E-state index in [1.54, 1.807) is 43.3 Å². The highest BCUT2D eigenvalue weighted by Crippen LogP contribution is 2.38. The number of sulfonamides is 1. The van der Waals surface area contributed by atoms with E-state index in [4.69, 9.17) is 11.6 Å². The molecule has 0 saturated heterocycles. The number of hydrogen-bond donors (Lipinski definition) is 2. The van der Waals surface area contributed by atoms with E-state index in [0.717, 1.165) is 5.56 Å². The number of amides is 1. The van der Waals surface area contributed by atoms with Crippen LogP contribution in [0.1, 0.15) is 47.4 Å². The van der Waals surface area contributed by atoms with E-state index >= 15 is 0 Å². The summed E-state index contributed by atoms with van der Waals surface area (Å²) in [6.45, 7) is 3.94. The second kappa shape index (κ2) is 9.89. The summed E-state index contributed by atoms with van der Waals surface area (Å²) in [7, 11) is -3.54. The van der Waals surface area contributed by atoms with Crippen molar-refractivity contribution in [2.24, 2.45) is 0 Å². The molecule has 1 unspecified atom stereocenters. The summed E-state index contributed by atoms with van der Waals surface area (Å²) in [4.78, 5) is 30.6. The van der Waals surface area contributed by atoms with E-state index in [-0.39, 0.29) is 23.0 Å². The third-order valence-electron chi connectivity index (χ3n) is 6.26. The van der Waals surface area contributed by atoms with Crippen LogP contribution in [0.2, 0.25) is 5.02 Å². The summed E-state index contributed by atoms with van der Waals surface area (Å²) in [6.07, 6.45) is 1.27. The number of aryl methyl sites for hydroxylation is 1. The lowest BCUT2D eigenvalue weighted by atomic mass is 9.69. The molecule has 1 atom stereocenters. The summed E-state index contributed by atoms with van der Waals surface area (Å²) in [5.41, 5.74) is 2.15. The number of Topliss-reactive ketones (excluding diaryl/α,β-unsaturated/α-hetero) is 1. The smallest absolute Gasteiger partial charge is 0.240 e. The SMILES string of the molecule is CCNS(=O)(=O)c1ccc(CC(=O)Nc2ccc3c(n2)CCC(C)(c2ccc(Cl)cc2)C3=O)cc1. The first kappa shape index (κ1) is 25.0. The molecule has 2 N–H and O–H groups in total. The van der Waals surface area contributed by atoms with Gasteiger partial charge in [-0.2, -0.15) is 0 Å². The van der Waals surface area contributed by atoms with Crippen molar-refractivity contribution in [3.05, 3.63) is 88.1 Å². The van der Waals surface area contributed by atoms with E-state index < -0.39 is 15.4 Å². The van der Waals surface area contributed by atoms with Gasteiger partial charge in [0.15, 0.2) is 5.78 Å². The molecule has 0 radical (unpaired) electrons. The Morgan fingerprint density at radius 1 is 1.06 bits per heavy atom. The Bertz CT molecular complexity index is 1370. The molecule has 1 heterocycles. The van der Waals surface area contributed by atoms with Gasteiger partial charge in [0.1, 0.15) is 5.82 Å². The molecule has 1 amide bonds. The van der Waals surface area contributed by atoms with Crippen LogP contribution in [0.3, 0.4) is 0 Å². The number of anilines is 1. The molecule has 2 aromatic carbocycles. The van der Waals surface area contributed by atoms with Crippen molar-refractivity contribution in [1.29, 1.82) is 0 Å². The molecule has 0 bridgehead atoms. The van der Waals surface area contributed by atoms with Crippen LogP contribution in [-0.2, 0) is 33.1 Å². The summed E-state index contributed by atoms with van der Waals surface area (Å²) in [6, 6.07) is 16.9. The van der Waals surface area contributed by atoms with Gasteiger partial charge in [0.25, 0.3) is 0 Å². The molecule has 9 heteroatoms. The Morgan fingerprint density at radius 3 is 2.40 bits per heavy atom. The van der Waals surface area contributed by atoms with Crippen LogP contribution in [0.25, 0.3) is 0 Å². The molecule has 182 valence electrons. The third-order valence-corrected chi connectivity index (χ3v) is 8.08. The minimum Gasteiger partial charge on any atom is -0.310 e. The van der Waals surface area contributed by atoms with E-state index in [1.807, 2.05) is 19.1 Å². The molecular weight excluding hydrogens is 486 g/mol. The van der Waals surface area contributed by atoms with Crippen molar-refractivity contribution >= 4 is 39.1 Å². The molecule has 4 rings (SSSR count).